The van der Waals surface area contributed by atoms with Gasteiger partial charge in [-0.2, -0.15) is 4.72 Å². The second-order valence-electron chi connectivity index (χ2n) is 7.92. The predicted octanol–water partition coefficient (Wildman–Crippen LogP) is 4.18. The third-order valence-corrected chi connectivity index (χ3v) is 8.50. The van der Waals surface area contributed by atoms with Gasteiger partial charge in [0, 0.05) is 36.1 Å². The van der Waals surface area contributed by atoms with Gasteiger partial charge in [0.1, 0.15) is 10.3 Å². The lowest BCUT2D eigenvalue weighted by atomic mass is 10.1. The minimum atomic E-state index is -4.03. The Balaban J connectivity index is 1.52. The summed E-state index contributed by atoms with van der Waals surface area (Å²) in [6.07, 6.45) is 2.81. The van der Waals surface area contributed by atoms with Gasteiger partial charge in [-0.3, -0.25) is 4.79 Å². The van der Waals surface area contributed by atoms with E-state index < -0.39 is 22.0 Å². The number of thiophene rings is 1. The predicted molar refractivity (Wildman–Crippen MR) is 134 cm³/mol. The highest BCUT2D eigenvalue weighted by Crippen LogP contribution is 2.24. The zero-order valence-electron chi connectivity index (χ0n) is 18.8. The summed E-state index contributed by atoms with van der Waals surface area (Å²) in [6.45, 7) is 2.08. The summed E-state index contributed by atoms with van der Waals surface area (Å²) >= 11 is 1.01. The average Bonchev–Trinajstić information content (AvgIpc) is 3.43. The second-order valence-corrected chi connectivity index (χ2v) is 10.9. The van der Waals surface area contributed by atoms with Gasteiger partial charge in [0.05, 0.1) is 4.88 Å². The number of hydrogen-bond acceptors (Lipinski definition) is 4. The third-order valence-electron chi connectivity index (χ3n) is 5.54. The van der Waals surface area contributed by atoms with Crippen molar-refractivity contribution in [3.8, 4) is 11.8 Å². The quantitative estimate of drug-likeness (QED) is 0.379. The highest BCUT2D eigenvalue weighted by Gasteiger charge is 2.27. The van der Waals surface area contributed by atoms with Crippen LogP contribution >= 0.6 is 11.3 Å². The summed E-state index contributed by atoms with van der Waals surface area (Å²) in [5.74, 6) is 4.79. The molecule has 1 unspecified atom stereocenters. The van der Waals surface area contributed by atoms with Gasteiger partial charge in [-0.05, 0) is 47.9 Å². The Kier molecular flexibility index (Phi) is 6.89. The molecule has 4 aromatic rings. The van der Waals surface area contributed by atoms with Crippen LogP contribution in [0.2, 0.25) is 0 Å². The summed E-state index contributed by atoms with van der Waals surface area (Å²) in [5, 5.41) is 10.6. The number of aromatic nitrogens is 1. The molecule has 2 aromatic heterocycles. The van der Waals surface area contributed by atoms with Crippen LogP contribution in [0.5, 0.6) is 0 Å². The van der Waals surface area contributed by atoms with E-state index in [2.05, 4.69) is 23.5 Å². The number of sulfonamides is 1. The average molecular weight is 493 g/mol. The van der Waals surface area contributed by atoms with Crippen LogP contribution < -0.4 is 4.72 Å². The molecule has 0 saturated carbocycles. The number of carboxylic acid groups (broad SMARTS) is 1. The van der Waals surface area contributed by atoms with Crippen LogP contribution in [0.15, 0.2) is 71.1 Å². The first kappa shape index (κ1) is 23.8. The Hall–Kier alpha value is -3.38. The van der Waals surface area contributed by atoms with Crippen LogP contribution in [0, 0.1) is 11.8 Å². The molecule has 0 saturated heterocycles. The third kappa shape index (κ3) is 5.23. The Morgan fingerprint density at radius 2 is 1.82 bits per heavy atom. The molecule has 0 fully saturated rings. The van der Waals surface area contributed by atoms with Crippen LogP contribution in [-0.2, 0) is 34.7 Å². The van der Waals surface area contributed by atoms with E-state index in [-0.39, 0.29) is 10.6 Å². The number of hydrogen-bond donors (Lipinski definition) is 2. The smallest absolute Gasteiger partial charge is 0.322 e. The van der Waals surface area contributed by atoms with Crippen molar-refractivity contribution in [3.63, 3.8) is 0 Å². The highest BCUT2D eigenvalue weighted by atomic mass is 32.2. The van der Waals surface area contributed by atoms with E-state index in [1.54, 1.807) is 6.07 Å². The Morgan fingerprint density at radius 3 is 2.53 bits per heavy atom. The minimum absolute atomic E-state index is 0.0295. The number of fused-ring (bicyclic) bond motifs is 1. The largest absolute Gasteiger partial charge is 0.480 e. The molecule has 0 aliphatic heterocycles. The molecule has 0 spiro atoms. The van der Waals surface area contributed by atoms with Crippen LogP contribution in [0.3, 0.4) is 0 Å². The molecule has 0 aliphatic rings. The molecule has 8 heteroatoms. The van der Waals surface area contributed by atoms with Crippen molar-refractivity contribution >= 4 is 38.2 Å². The number of nitrogens with zero attached hydrogens (tertiary/aromatic N) is 1. The summed E-state index contributed by atoms with van der Waals surface area (Å²) in [6, 6.07) is 17.3. The van der Waals surface area contributed by atoms with Crippen molar-refractivity contribution in [2.45, 2.75) is 30.0 Å². The van der Waals surface area contributed by atoms with Crippen LogP contribution in [-0.4, -0.2) is 30.1 Å². The highest BCUT2D eigenvalue weighted by molar-refractivity contribution is 7.91. The number of para-hydroxylation sites is 1. The number of carboxylic acids is 1. The van der Waals surface area contributed by atoms with Crippen molar-refractivity contribution < 1.29 is 18.3 Å². The van der Waals surface area contributed by atoms with Crippen molar-refractivity contribution in [2.24, 2.45) is 7.05 Å². The fourth-order valence-electron chi connectivity index (χ4n) is 3.72. The molecule has 2 N–H and O–H groups in total. The number of carbonyl (C=O) groups is 1. The topological polar surface area (TPSA) is 88.4 Å². The number of benzene rings is 2. The van der Waals surface area contributed by atoms with Crippen LogP contribution in [0.4, 0.5) is 0 Å². The van der Waals surface area contributed by atoms with E-state index in [1.807, 2.05) is 66.3 Å². The Bertz CT molecular complexity index is 1500. The van der Waals surface area contributed by atoms with Crippen LogP contribution in [0.25, 0.3) is 10.9 Å². The molecule has 4 rings (SSSR count). The van der Waals surface area contributed by atoms with Gasteiger partial charge in [0.15, 0.2) is 0 Å². The lowest BCUT2D eigenvalue weighted by Gasteiger charge is -2.13. The van der Waals surface area contributed by atoms with Crippen molar-refractivity contribution in [1.29, 1.82) is 0 Å². The second kappa shape index (κ2) is 9.85. The Morgan fingerprint density at radius 1 is 1.09 bits per heavy atom. The van der Waals surface area contributed by atoms with E-state index in [0.29, 0.717) is 4.88 Å². The van der Waals surface area contributed by atoms with Crippen LogP contribution in [0.1, 0.15) is 28.5 Å². The fraction of sp³-hybridized carbons (Fsp3) is 0.192. The molecular weight excluding hydrogens is 468 g/mol. The maximum absolute atomic E-state index is 12.9. The molecule has 0 aliphatic carbocycles. The van der Waals surface area contributed by atoms with Gasteiger partial charge in [-0.25, -0.2) is 8.42 Å². The number of nitrogens with one attached hydrogen (secondary N) is 1. The van der Waals surface area contributed by atoms with E-state index in [9.17, 15) is 18.3 Å². The SMILES string of the molecule is CCc1ccc(C#Cc2ccc(S(=O)(=O)NC(Cc3cn(C)c4ccccc34)C(=O)O)s2)cc1. The molecule has 0 bridgehead atoms. The van der Waals surface area contributed by atoms with Gasteiger partial charge in [0.2, 0.25) is 0 Å². The van der Waals surface area contributed by atoms with E-state index in [4.69, 9.17) is 0 Å². The number of aliphatic carboxylic acids is 1. The molecule has 174 valence electrons. The zero-order valence-corrected chi connectivity index (χ0v) is 20.4. The summed E-state index contributed by atoms with van der Waals surface area (Å²) in [5.41, 5.74) is 3.78. The Labute approximate surface area is 202 Å². The standard InChI is InChI=1S/C26H24N2O4S2/c1-3-18-8-10-19(11-9-18)12-13-21-14-15-25(33-21)34(31,32)27-23(26(29)30)16-20-17-28(2)24-7-5-4-6-22(20)24/h4-11,14-15,17,23,27H,3,16H2,1-2H3,(H,29,30). The lowest BCUT2D eigenvalue weighted by Crippen LogP contribution is -2.42. The first-order valence-corrected chi connectivity index (χ1v) is 13.1. The summed E-state index contributed by atoms with van der Waals surface area (Å²) in [7, 11) is -2.16. The molecule has 0 radical (unpaired) electrons. The molecule has 2 aromatic carbocycles. The van der Waals surface area contributed by atoms with Gasteiger partial charge in [-0.15, -0.1) is 11.3 Å². The molecule has 34 heavy (non-hydrogen) atoms. The molecular formula is C26H24N2O4S2. The van der Waals surface area contributed by atoms with Gasteiger partial charge < -0.3 is 9.67 Å². The molecule has 6 nitrogen and oxygen atoms in total. The number of rotatable bonds is 7. The number of aryl methyl sites for hydroxylation is 2. The van der Waals surface area contributed by atoms with Gasteiger partial charge in [0.25, 0.3) is 10.0 Å². The molecule has 2 heterocycles. The zero-order chi connectivity index (χ0) is 24.3. The lowest BCUT2D eigenvalue weighted by molar-refractivity contribution is -0.138. The first-order chi connectivity index (χ1) is 16.3. The van der Waals surface area contributed by atoms with Crippen molar-refractivity contribution in [3.05, 3.63) is 88.4 Å². The van der Waals surface area contributed by atoms with Crippen molar-refractivity contribution in [2.75, 3.05) is 0 Å². The maximum Gasteiger partial charge on any atom is 0.322 e. The maximum atomic E-state index is 12.9. The first-order valence-electron chi connectivity index (χ1n) is 10.8. The van der Waals surface area contributed by atoms with Crippen molar-refractivity contribution in [1.82, 2.24) is 9.29 Å². The van der Waals surface area contributed by atoms with Gasteiger partial charge in [-0.1, -0.05) is 49.1 Å². The van der Waals surface area contributed by atoms with E-state index in [1.165, 1.54) is 11.6 Å². The summed E-state index contributed by atoms with van der Waals surface area (Å²) < 4.78 is 30.2. The van der Waals surface area contributed by atoms with Gasteiger partial charge >= 0.3 is 5.97 Å². The monoisotopic (exact) mass is 492 g/mol. The fourth-order valence-corrected chi connectivity index (χ4v) is 6.09. The molecule has 0 amide bonds. The summed E-state index contributed by atoms with van der Waals surface area (Å²) in [4.78, 5) is 12.5. The minimum Gasteiger partial charge on any atom is -0.480 e. The normalized spacial score (nSPS) is 12.3. The van der Waals surface area contributed by atoms with E-state index in [0.717, 1.165) is 39.8 Å². The molecule has 1 atom stereocenters. The van der Waals surface area contributed by atoms with E-state index >= 15 is 0 Å².